The van der Waals surface area contributed by atoms with Gasteiger partial charge in [-0.2, -0.15) is 0 Å². The minimum atomic E-state index is -1.03. The highest BCUT2D eigenvalue weighted by Crippen LogP contribution is 2.35. The molecule has 0 fully saturated rings. The zero-order valence-electron chi connectivity index (χ0n) is 16.6. The van der Waals surface area contributed by atoms with Gasteiger partial charge < -0.3 is 15.4 Å². The summed E-state index contributed by atoms with van der Waals surface area (Å²) < 4.78 is 1.99. The Morgan fingerprint density at radius 3 is 2.33 bits per heavy atom. The van der Waals surface area contributed by atoms with Crippen molar-refractivity contribution in [1.29, 1.82) is 0 Å². The second-order valence-electron chi connectivity index (χ2n) is 7.15. The predicted molar refractivity (Wildman–Crippen MR) is 117 cm³/mol. The van der Waals surface area contributed by atoms with Gasteiger partial charge in [-0.15, -0.1) is 0 Å². The van der Waals surface area contributed by atoms with Crippen LogP contribution < -0.4 is 5.73 Å². The average Bonchev–Trinajstić information content (AvgIpc) is 3.08. The third-order valence-electron chi connectivity index (χ3n) is 5.39. The highest BCUT2D eigenvalue weighted by Gasteiger charge is 2.26. The van der Waals surface area contributed by atoms with Crippen LogP contribution in [0.4, 0.5) is 0 Å². The van der Waals surface area contributed by atoms with Crippen molar-refractivity contribution in [2.75, 3.05) is 0 Å². The van der Waals surface area contributed by atoms with Crippen LogP contribution in [0.25, 0.3) is 22.0 Å². The zero-order valence-corrected chi connectivity index (χ0v) is 16.6. The quantitative estimate of drug-likeness (QED) is 0.375. The van der Waals surface area contributed by atoms with Crippen molar-refractivity contribution in [3.05, 3.63) is 89.6 Å². The first-order chi connectivity index (χ1) is 14.5. The molecule has 3 aromatic carbocycles. The minimum Gasteiger partial charge on any atom is -0.507 e. The molecule has 1 heterocycles. The third kappa shape index (κ3) is 3.24. The Morgan fingerprint density at radius 2 is 1.63 bits per heavy atom. The van der Waals surface area contributed by atoms with Gasteiger partial charge in [0.2, 0.25) is 0 Å². The van der Waals surface area contributed by atoms with E-state index in [1.807, 2.05) is 54.0 Å². The van der Waals surface area contributed by atoms with Gasteiger partial charge >= 0.3 is 0 Å². The molecule has 5 nitrogen and oxygen atoms in total. The van der Waals surface area contributed by atoms with Gasteiger partial charge in [-0.1, -0.05) is 67.6 Å². The Hall–Kier alpha value is -3.86. The van der Waals surface area contributed by atoms with Crippen LogP contribution >= 0.6 is 0 Å². The topological polar surface area (TPSA) is 85.3 Å². The van der Waals surface area contributed by atoms with E-state index in [1.165, 1.54) is 6.07 Å². The van der Waals surface area contributed by atoms with Crippen LogP contribution in [-0.4, -0.2) is 21.4 Å². The molecule has 0 aliphatic carbocycles. The molecule has 1 amide bonds. The van der Waals surface area contributed by atoms with E-state index in [0.717, 1.165) is 16.7 Å². The van der Waals surface area contributed by atoms with Gasteiger partial charge in [-0.05, 0) is 35.2 Å². The highest BCUT2D eigenvalue weighted by atomic mass is 16.3. The SMILES string of the molecule is CCc1c(C(=O)C(N)=O)c2c(O)cccc2n1Cc1ccccc1-c1ccccc1. The van der Waals surface area contributed by atoms with Gasteiger partial charge in [0.25, 0.3) is 11.7 Å². The molecule has 150 valence electrons. The molecule has 0 atom stereocenters. The van der Waals surface area contributed by atoms with Gasteiger partial charge in [0.15, 0.2) is 0 Å². The lowest BCUT2D eigenvalue weighted by Gasteiger charge is -2.14. The fourth-order valence-corrected chi connectivity index (χ4v) is 4.08. The first-order valence-corrected chi connectivity index (χ1v) is 9.83. The number of fused-ring (bicyclic) bond motifs is 1. The number of nitrogens with zero attached hydrogens (tertiary/aromatic N) is 1. The fourth-order valence-electron chi connectivity index (χ4n) is 4.08. The van der Waals surface area contributed by atoms with Crippen LogP contribution in [0.3, 0.4) is 0 Å². The van der Waals surface area contributed by atoms with Crippen molar-refractivity contribution >= 4 is 22.6 Å². The number of phenolic OH excluding ortho intramolecular Hbond substituents is 1. The molecular formula is C25H22N2O3. The first kappa shape index (κ1) is 19.5. The Bertz CT molecular complexity index is 1260. The molecule has 0 unspecified atom stereocenters. The molecule has 0 radical (unpaired) electrons. The van der Waals surface area contributed by atoms with Crippen molar-refractivity contribution in [2.45, 2.75) is 19.9 Å². The number of hydrogen-bond acceptors (Lipinski definition) is 3. The number of benzene rings is 3. The number of amides is 1. The summed E-state index contributed by atoms with van der Waals surface area (Å²) in [6, 6.07) is 23.3. The van der Waals surface area contributed by atoms with Gasteiger partial charge in [0.1, 0.15) is 5.75 Å². The number of Topliss-reactive ketones (excluding diaryl/α,β-unsaturated/α-hetero) is 1. The fraction of sp³-hybridized carbons (Fsp3) is 0.120. The van der Waals surface area contributed by atoms with Crippen LogP contribution in [0.1, 0.15) is 28.5 Å². The monoisotopic (exact) mass is 398 g/mol. The number of carbonyl (C=O) groups excluding carboxylic acids is 2. The molecule has 0 saturated carbocycles. The lowest BCUT2D eigenvalue weighted by Crippen LogP contribution is -2.24. The van der Waals surface area contributed by atoms with E-state index in [9.17, 15) is 14.7 Å². The summed E-state index contributed by atoms with van der Waals surface area (Å²) in [4.78, 5) is 24.4. The molecule has 1 aromatic heterocycles. The van der Waals surface area contributed by atoms with Gasteiger partial charge in [0.05, 0.1) is 16.5 Å². The summed E-state index contributed by atoms with van der Waals surface area (Å²) in [6.45, 7) is 2.41. The third-order valence-corrected chi connectivity index (χ3v) is 5.39. The van der Waals surface area contributed by atoms with Crippen LogP contribution in [-0.2, 0) is 17.8 Å². The molecule has 3 N–H and O–H groups in total. The van der Waals surface area contributed by atoms with Crippen molar-refractivity contribution in [3.8, 4) is 16.9 Å². The summed E-state index contributed by atoms with van der Waals surface area (Å²) in [7, 11) is 0. The second kappa shape index (κ2) is 7.87. The maximum atomic E-state index is 12.6. The van der Waals surface area contributed by atoms with E-state index in [0.29, 0.717) is 29.6 Å². The number of hydrogen-bond donors (Lipinski definition) is 2. The Morgan fingerprint density at radius 1 is 0.933 bits per heavy atom. The molecule has 0 aliphatic heterocycles. The Kier molecular flexibility index (Phi) is 5.11. The lowest BCUT2D eigenvalue weighted by atomic mass is 9.99. The molecule has 0 saturated heterocycles. The number of phenols is 1. The number of aromatic nitrogens is 1. The molecule has 4 aromatic rings. The molecule has 4 rings (SSSR count). The number of primary amides is 1. The van der Waals surface area contributed by atoms with Crippen LogP contribution in [0.5, 0.6) is 5.75 Å². The van der Waals surface area contributed by atoms with Crippen molar-refractivity contribution in [2.24, 2.45) is 5.73 Å². The van der Waals surface area contributed by atoms with E-state index < -0.39 is 11.7 Å². The summed E-state index contributed by atoms with van der Waals surface area (Å²) in [6.07, 6.45) is 0.510. The molecule has 5 heteroatoms. The smallest absolute Gasteiger partial charge is 0.289 e. The molecule has 30 heavy (non-hydrogen) atoms. The van der Waals surface area contributed by atoms with Crippen LogP contribution in [0, 0.1) is 0 Å². The zero-order chi connectivity index (χ0) is 21.3. The maximum Gasteiger partial charge on any atom is 0.289 e. The van der Waals surface area contributed by atoms with E-state index in [1.54, 1.807) is 6.07 Å². The van der Waals surface area contributed by atoms with E-state index in [2.05, 4.69) is 18.2 Å². The average molecular weight is 398 g/mol. The molecule has 0 aliphatic rings. The first-order valence-electron chi connectivity index (χ1n) is 9.83. The summed E-state index contributed by atoms with van der Waals surface area (Å²) in [5.74, 6) is -1.85. The molecular weight excluding hydrogens is 376 g/mol. The molecule has 0 bridgehead atoms. The molecule has 0 spiro atoms. The van der Waals surface area contributed by atoms with Crippen molar-refractivity contribution in [1.82, 2.24) is 4.57 Å². The maximum absolute atomic E-state index is 12.6. The minimum absolute atomic E-state index is 0.0399. The standard InChI is InChI=1S/C25H22N2O3/c1-2-19-23(24(29)25(26)30)22-20(13-8-14-21(22)28)27(19)15-17-11-6-7-12-18(17)16-9-4-3-5-10-16/h3-14,28H,2,15H2,1H3,(H2,26,30). The van der Waals surface area contributed by atoms with Gasteiger partial charge in [-0.25, -0.2) is 0 Å². The predicted octanol–water partition coefficient (Wildman–Crippen LogP) is 4.29. The normalized spacial score (nSPS) is 11.0. The number of rotatable bonds is 6. The summed E-state index contributed by atoms with van der Waals surface area (Å²) >= 11 is 0. The van der Waals surface area contributed by atoms with Crippen molar-refractivity contribution in [3.63, 3.8) is 0 Å². The summed E-state index contributed by atoms with van der Waals surface area (Å²) in [5, 5.41) is 10.9. The highest BCUT2D eigenvalue weighted by molar-refractivity contribution is 6.45. The largest absolute Gasteiger partial charge is 0.507 e. The summed E-state index contributed by atoms with van der Waals surface area (Å²) in [5.41, 5.74) is 10.1. The van der Waals surface area contributed by atoms with Gasteiger partial charge in [-0.3, -0.25) is 9.59 Å². The number of aromatic hydroxyl groups is 1. The number of ketones is 1. The van der Waals surface area contributed by atoms with E-state index in [4.69, 9.17) is 5.73 Å². The second-order valence-corrected chi connectivity index (χ2v) is 7.15. The number of carbonyl (C=O) groups is 2. The van der Waals surface area contributed by atoms with Crippen molar-refractivity contribution < 1.29 is 14.7 Å². The number of nitrogens with two attached hydrogens (primary N) is 1. The van der Waals surface area contributed by atoms with Crippen LogP contribution in [0.2, 0.25) is 0 Å². The van der Waals surface area contributed by atoms with E-state index >= 15 is 0 Å². The Labute approximate surface area is 174 Å². The lowest BCUT2D eigenvalue weighted by molar-refractivity contribution is -0.114. The van der Waals surface area contributed by atoms with E-state index in [-0.39, 0.29) is 11.3 Å². The van der Waals surface area contributed by atoms with Gasteiger partial charge in [0, 0.05) is 12.2 Å². The Balaban J connectivity index is 1.95. The van der Waals surface area contributed by atoms with Crippen LogP contribution in [0.15, 0.2) is 72.8 Å².